The van der Waals surface area contributed by atoms with E-state index in [0.29, 0.717) is 10.0 Å². The molecule has 11 nitrogen and oxygen atoms in total. The van der Waals surface area contributed by atoms with Gasteiger partial charge in [0.05, 0.1) is 11.1 Å². The SMILES string of the molecule is O=C(OC[C@H]1O[C@H](OP(=O)(O)O)[C@@](O)(C(=O)c2ccc(Cl)cc2)[C@@H]1OC(=O)c1ccc(Cl)cc1)c1ccc(Cl)cc1. The molecule has 216 valence electrons. The summed E-state index contributed by atoms with van der Waals surface area (Å²) < 4.78 is 32.6. The molecule has 1 fully saturated rings. The number of hydrogen-bond acceptors (Lipinski definition) is 9. The molecule has 3 aromatic rings. The van der Waals surface area contributed by atoms with Gasteiger partial charge in [-0.05, 0) is 72.8 Å². The summed E-state index contributed by atoms with van der Waals surface area (Å²) >= 11 is 17.6. The number of hydrogen-bond donors (Lipinski definition) is 3. The van der Waals surface area contributed by atoms with Crippen LogP contribution in [-0.2, 0) is 23.3 Å². The van der Waals surface area contributed by atoms with Crippen LogP contribution in [0.4, 0.5) is 0 Å². The van der Waals surface area contributed by atoms with E-state index in [1.807, 2.05) is 0 Å². The van der Waals surface area contributed by atoms with E-state index in [-0.39, 0.29) is 21.7 Å². The Balaban J connectivity index is 1.71. The molecule has 1 aliphatic rings. The van der Waals surface area contributed by atoms with Gasteiger partial charge in [0.25, 0.3) is 0 Å². The van der Waals surface area contributed by atoms with Crippen LogP contribution in [-0.4, -0.2) is 63.3 Å². The van der Waals surface area contributed by atoms with Gasteiger partial charge in [0.15, 0.2) is 6.10 Å². The lowest BCUT2D eigenvalue weighted by Gasteiger charge is -2.31. The van der Waals surface area contributed by atoms with Crippen molar-refractivity contribution in [1.82, 2.24) is 0 Å². The first-order chi connectivity index (χ1) is 19.3. The fourth-order valence-corrected chi connectivity index (χ4v) is 4.78. The van der Waals surface area contributed by atoms with Crippen molar-refractivity contribution in [2.75, 3.05) is 6.61 Å². The number of phosphoric acid groups is 1. The van der Waals surface area contributed by atoms with Crippen molar-refractivity contribution in [2.45, 2.75) is 24.1 Å². The molecule has 0 amide bonds. The Morgan fingerprint density at radius 2 is 1.22 bits per heavy atom. The molecule has 15 heteroatoms. The summed E-state index contributed by atoms with van der Waals surface area (Å²) in [5, 5.41) is 12.7. The van der Waals surface area contributed by atoms with Crippen LogP contribution < -0.4 is 0 Å². The van der Waals surface area contributed by atoms with Crippen LogP contribution in [0.5, 0.6) is 0 Å². The Labute approximate surface area is 247 Å². The second-order valence-electron chi connectivity index (χ2n) is 8.70. The molecule has 0 radical (unpaired) electrons. The molecule has 3 N–H and O–H groups in total. The van der Waals surface area contributed by atoms with Crippen molar-refractivity contribution in [2.24, 2.45) is 0 Å². The second-order valence-corrected chi connectivity index (χ2v) is 11.2. The average Bonchev–Trinajstić information content (AvgIpc) is 3.17. The van der Waals surface area contributed by atoms with E-state index < -0.39 is 56.3 Å². The van der Waals surface area contributed by atoms with Crippen LogP contribution >= 0.6 is 42.6 Å². The van der Waals surface area contributed by atoms with Gasteiger partial charge in [-0.3, -0.25) is 9.32 Å². The quantitative estimate of drug-likeness (QED) is 0.171. The van der Waals surface area contributed by atoms with Crippen molar-refractivity contribution in [3.63, 3.8) is 0 Å². The summed E-state index contributed by atoms with van der Waals surface area (Å²) in [7, 11) is -5.41. The van der Waals surface area contributed by atoms with E-state index in [9.17, 15) is 33.8 Å². The number of aliphatic hydroxyl groups is 1. The molecule has 0 saturated carbocycles. The number of esters is 2. The van der Waals surface area contributed by atoms with Gasteiger partial charge in [0.1, 0.15) is 12.7 Å². The maximum Gasteiger partial charge on any atom is 0.472 e. The van der Waals surface area contributed by atoms with Crippen molar-refractivity contribution < 1.29 is 52.6 Å². The minimum atomic E-state index is -5.41. The van der Waals surface area contributed by atoms with Crippen LogP contribution in [0.15, 0.2) is 72.8 Å². The summed E-state index contributed by atoms with van der Waals surface area (Å²) in [4.78, 5) is 58.3. The van der Waals surface area contributed by atoms with Crippen LogP contribution in [0.3, 0.4) is 0 Å². The maximum atomic E-state index is 13.7. The minimum Gasteiger partial charge on any atom is -0.459 e. The van der Waals surface area contributed by atoms with E-state index in [1.165, 1.54) is 72.8 Å². The summed E-state index contributed by atoms with van der Waals surface area (Å²) in [5.74, 6) is -3.13. The molecule has 0 aliphatic carbocycles. The topological polar surface area (TPSA) is 166 Å². The van der Waals surface area contributed by atoms with E-state index >= 15 is 0 Å². The van der Waals surface area contributed by atoms with E-state index in [2.05, 4.69) is 4.52 Å². The van der Waals surface area contributed by atoms with Crippen LogP contribution in [0.2, 0.25) is 15.1 Å². The first-order valence-electron chi connectivity index (χ1n) is 11.6. The van der Waals surface area contributed by atoms with Crippen molar-refractivity contribution in [3.8, 4) is 0 Å². The molecule has 0 spiro atoms. The summed E-state index contributed by atoms with van der Waals surface area (Å²) in [6.07, 6.45) is -6.00. The van der Waals surface area contributed by atoms with Gasteiger partial charge in [-0.2, -0.15) is 0 Å². The highest BCUT2D eigenvalue weighted by Gasteiger charge is 2.65. The highest BCUT2D eigenvalue weighted by molar-refractivity contribution is 7.46. The molecule has 1 aliphatic heterocycles. The Morgan fingerprint density at radius 3 is 1.68 bits per heavy atom. The number of rotatable bonds is 9. The van der Waals surface area contributed by atoms with Gasteiger partial charge >= 0.3 is 19.8 Å². The number of carbonyl (C=O) groups is 3. The number of ether oxygens (including phenoxy) is 3. The Hall–Kier alpha value is -2.83. The number of phosphoric ester groups is 1. The zero-order valence-electron chi connectivity index (χ0n) is 20.6. The molecular formula is C26H20Cl3O11P. The zero-order chi connectivity index (χ0) is 29.9. The van der Waals surface area contributed by atoms with E-state index in [4.69, 9.17) is 49.0 Å². The van der Waals surface area contributed by atoms with Gasteiger partial charge in [-0.15, -0.1) is 0 Å². The Kier molecular flexibility index (Phi) is 9.55. The summed E-state index contributed by atoms with van der Waals surface area (Å²) in [6, 6.07) is 16.1. The van der Waals surface area contributed by atoms with Crippen LogP contribution in [0, 0.1) is 0 Å². The molecule has 0 aromatic heterocycles. The molecule has 0 bridgehead atoms. The van der Waals surface area contributed by atoms with Crippen molar-refractivity contribution >= 4 is 60.3 Å². The molecular weight excluding hydrogens is 626 g/mol. The first-order valence-corrected chi connectivity index (χ1v) is 14.3. The Morgan fingerprint density at radius 1 is 0.780 bits per heavy atom. The van der Waals surface area contributed by atoms with E-state index in [0.717, 1.165) is 0 Å². The number of carbonyl (C=O) groups excluding carboxylic acids is 3. The minimum absolute atomic E-state index is 0.0491. The molecule has 4 rings (SSSR count). The number of benzene rings is 3. The monoisotopic (exact) mass is 644 g/mol. The highest BCUT2D eigenvalue weighted by Crippen LogP contribution is 2.46. The van der Waals surface area contributed by atoms with Gasteiger partial charge in [0.2, 0.25) is 17.7 Å². The first kappa shape index (κ1) is 31.1. The lowest BCUT2D eigenvalue weighted by Crippen LogP contribution is -2.57. The van der Waals surface area contributed by atoms with Crippen LogP contribution in [0.1, 0.15) is 31.1 Å². The van der Waals surface area contributed by atoms with Crippen LogP contribution in [0.25, 0.3) is 0 Å². The number of Topliss-reactive ketones (excluding diaryl/α,β-unsaturated/α-hetero) is 1. The molecule has 41 heavy (non-hydrogen) atoms. The van der Waals surface area contributed by atoms with Crippen molar-refractivity contribution in [3.05, 3.63) is 105 Å². The van der Waals surface area contributed by atoms with Gasteiger partial charge in [0, 0.05) is 20.6 Å². The highest BCUT2D eigenvalue weighted by atomic mass is 35.5. The predicted octanol–water partition coefficient (Wildman–Crippen LogP) is 4.48. The van der Waals surface area contributed by atoms with E-state index in [1.54, 1.807) is 0 Å². The standard InChI is InChI=1S/C26H20Cl3O11P/c27-17-7-1-14(2-8-17)21(30)26(33)22(39-24(32)16-5-11-19(29)12-6-16)20(38-25(26)40-41(34,35)36)13-37-23(31)15-3-9-18(28)10-4-15/h1-12,20,22,25,33H,13H2,(H2,34,35,36)/t20-,22-,25-,26-/m1/s1. The Bertz CT molecular complexity index is 1480. The molecule has 0 unspecified atom stereocenters. The average molecular weight is 646 g/mol. The molecule has 4 atom stereocenters. The largest absolute Gasteiger partial charge is 0.472 e. The predicted molar refractivity (Wildman–Crippen MR) is 145 cm³/mol. The lowest BCUT2D eigenvalue weighted by atomic mass is 9.86. The zero-order valence-corrected chi connectivity index (χ0v) is 23.7. The number of ketones is 1. The third kappa shape index (κ3) is 7.34. The summed E-state index contributed by atoms with van der Waals surface area (Å²) in [6.45, 7) is -0.739. The van der Waals surface area contributed by atoms with Crippen molar-refractivity contribution in [1.29, 1.82) is 0 Å². The number of halogens is 3. The molecule has 3 aromatic carbocycles. The van der Waals surface area contributed by atoms with Gasteiger partial charge in [-0.25, -0.2) is 14.2 Å². The van der Waals surface area contributed by atoms with Gasteiger partial charge < -0.3 is 29.1 Å². The molecule has 1 saturated heterocycles. The fourth-order valence-electron chi connectivity index (χ4n) is 3.94. The fraction of sp³-hybridized carbons (Fsp3) is 0.192. The lowest BCUT2D eigenvalue weighted by molar-refractivity contribution is -0.150. The second kappa shape index (κ2) is 12.6. The molecule has 1 heterocycles. The normalized spacial score (nSPS) is 22.2. The van der Waals surface area contributed by atoms with Gasteiger partial charge in [-0.1, -0.05) is 34.8 Å². The maximum absolute atomic E-state index is 13.7. The third-order valence-corrected chi connectivity index (χ3v) is 7.13. The smallest absolute Gasteiger partial charge is 0.459 e. The third-order valence-electron chi connectivity index (χ3n) is 5.90. The summed E-state index contributed by atoms with van der Waals surface area (Å²) in [5.41, 5.74) is -3.19.